The van der Waals surface area contributed by atoms with Gasteiger partial charge in [0.15, 0.2) is 6.10 Å². The van der Waals surface area contributed by atoms with E-state index in [-0.39, 0.29) is 19.3 Å². The zero-order valence-corrected chi connectivity index (χ0v) is 53.9. The Balaban J connectivity index is 4.63. The predicted octanol–water partition coefficient (Wildman–Crippen LogP) is 17.4. The number of aliphatic hydroxyl groups excluding tert-OH is 2. The summed E-state index contributed by atoms with van der Waals surface area (Å²) in [6, 6.07) is 0. The van der Waals surface area contributed by atoms with Crippen LogP contribution < -0.4 is 0 Å². The average molecular weight is 1220 g/mol. The molecule has 0 bridgehead atoms. The molecule has 0 heterocycles. The van der Waals surface area contributed by atoms with Crippen LogP contribution in [0.2, 0.25) is 0 Å². The Kier molecular flexibility index (Phi) is 57.6. The van der Waals surface area contributed by atoms with Crippen molar-refractivity contribution in [2.45, 2.75) is 296 Å². The molecule has 5 unspecified atom stereocenters. The third-order valence-corrected chi connectivity index (χ3v) is 15.6. The lowest BCUT2D eigenvalue weighted by atomic mass is 10.0. The van der Waals surface area contributed by atoms with Gasteiger partial charge in [0.2, 0.25) is 0 Å². The third kappa shape index (κ3) is 60.7. The van der Waals surface area contributed by atoms with Crippen molar-refractivity contribution in [3.8, 4) is 0 Å². The van der Waals surface area contributed by atoms with Gasteiger partial charge in [-0.3, -0.25) is 32.5 Å². The highest BCUT2D eigenvalue weighted by Crippen LogP contribution is 2.45. The van der Waals surface area contributed by atoms with Crippen molar-refractivity contribution in [2.75, 3.05) is 39.6 Å². The summed E-state index contributed by atoms with van der Waals surface area (Å²) in [5.41, 5.74) is 0. The summed E-state index contributed by atoms with van der Waals surface area (Å²) in [7, 11) is -9.76. The molecule has 0 saturated heterocycles. The monoisotopic (exact) mass is 1220 g/mol. The number of hydrogen-bond donors (Lipinski definition) is 4. The fourth-order valence-corrected chi connectivity index (χ4v) is 10.3. The molecule has 0 spiro atoms. The van der Waals surface area contributed by atoms with Crippen LogP contribution in [0.15, 0.2) is 60.8 Å². The highest BCUT2D eigenvalue weighted by atomic mass is 31.2. The first kappa shape index (κ1) is 80.2. The van der Waals surface area contributed by atoms with Crippen molar-refractivity contribution < 1.29 is 75.8 Å². The van der Waals surface area contributed by atoms with Crippen LogP contribution in [0.25, 0.3) is 0 Å². The fourth-order valence-electron chi connectivity index (χ4n) is 8.67. The molecule has 0 rings (SSSR count). The van der Waals surface area contributed by atoms with Gasteiger partial charge < -0.3 is 34.2 Å². The van der Waals surface area contributed by atoms with E-state index in [0.29, 0.717) is 19.3 Å². The van der Waals surface area contributed by atoms with Gasteiger partial charge in [0.05, 0.1) is 26.4 Å². The van der Waals surface area contributed by atoms with E-state index in [2.05, 4.69) is 81.5 Å². The maximum atomic E-state index is 12.9. The highest BCUT2D eigenvalue weighted by molar-refractivity contribution is 7.47. The Morgan fingerprint density at radius 2 is 0.627 bits per heavy atom. The largest absolute Gasteiger partial charge is 0.472 e. The number of allylic oxidation sites excluding steroid dienone is 10. The molecule has 0 aliphatic rings. The van der Waals surface area contributed by atoms with E-state index in [1.54, 1.807) is 0 Å². The topological polar surface area (TPSA) is 231 Å². The summed E-state index contributed by atoms with van der Waals surface area (Å²) in [6.07, 6.45) is 58.5. The third-order valence-electron chi connectivity index (χ3n) is 13.7. The average Bonchev–Trinajstić information content (AvgIpc) is 3.46. The Morgan fingerprint density at radius 3 is 1.02 bits per heavy atom. The van der Waals surface area contributed by atoms with Crippen LogP contribution in [-0.4, -0.2) is 95.9 Å². The molecular weight excluding hydrogens is 1100 g/mol. The maximum absolute atomic E-state index is 12.9. The van der Waals surface area contributed by atoms with Gasteiger partial charge in [-0.15, -0.1) is 0 Å². The molecule has 0 aliphatic heterocycles. The van der Waals surface area contributed by atoms with Gasteiger partial charge >= 0.3 is 33.6 Å². The minimum absolute atomic E-state index is 0.0917. The number of ether oxygens (including phenoxy) is 3. The van der Waals surface area contributed by atoms with Crippen LogP contribution in [0.4, 0.5) is 0 Å². The number of phosphoric ester groups is 2. The molecular formula is C65H118O16P2. The molecule has 0 fully saturated rings. The number of aliphatic hydroxyl groups is 2. The number of esters is 3. The molecule has 83 heavy (non-hydrogen) atoms. The molecule has 0 saturated carbocycles. The van der Waals surface area contributed by atoms with E-state index in [1.165, 1.54) is 96.3 Å². The van der Waals surface area contributed by atoms with Gasteiger partial charge in [0.1, 0.15) is 25.4 Å². The smallest absolute Gasteiger partial charge is 0.463 e. The Bertz CT molecular complexity index is 1770. The number of hydrogen-bond acceptors (Lipinski definition) is 14. The highest BCUT2D eigenvalue weighted by Gasteiger charge is 2.29. The number of carbonyl (C=O) groups is 3. The second-order valence-corrected chi connectivity index (χ2v) is 24.8. The van der Waals surface area contributed by atoms with E-state index in [1.807, 2.05) is 0 Å². The Hall–Kier alpha value is -2.75. The summed E-state index contributed by atoms with van der Waals surface area (Å²) in [5.74, 6) is -1.59. The van der Waals surface area contributed by atoms with Gasteiger partial charge in [-0.05, 0) is 83.5 Å². The molecule has 0 aromatic heterocycles. The molecule has 0 radical (unpaired) electrons. The van der Waals surface area contributed by atoms with E-state index >= 15 is 0 Å². The van der Waals surface area contributed by atoms with Crippen LogP contribution >= 0.6 is 15.6 Å². The van der Waals surface area contributed by atoms with Crippen molar-refractivity contribution in [3.63, 3.8) is 0 Å². The zero-order chi connectivity index (χ0) is 61.0. The molecule has 0 aromatic rings. The summed E-state index contributed by atoms with van der Waals surface area (Å²) >= 11 is 0. The maximum Gasteiger partial charge on any atom is 0.472 e. The van der Waals surface area contributed by atoms with Crippen molar-refractivity contribution in [2.24, 2.45) is 0 Å². The number of rotatable bonds is 62. The van der Waals surface area contributed by atoms with Crippen molar-refractivity contribution in [3.05, 3.63) is 60.8 Å². The molecule has 5 atom stereocenters. The standard InChI is InChI=1S/C65H118O16P2/c1-4-7-10-13-16-19-22-25-27-28-29-30-32-35-36-39-42-45-48-51-63(68)75-54-60(66)55-77-82(71,72)78-56-61(67)57-79-83(73,74)80-59-62(81-65(70)53-50-47-44-41-38-33-24-21-18-15-12-9-6-3)58-76-64(69)52-49-46-43-40-37-34-31-26-23-20-17-14-11-8-5-2/h12,15-16,19,21,24-25,27,29-30,60-62,66-67H,4-11,13-14,17-18,20,22-23,26,28,31-59H2,1-3H3,(H,71,72)(H,73,74)/b15-12-,19-16-,24-21-,27-25-,30-29-. The van der Waals surface area contributed by atoms with Crippen LogP contribution in [0.5, 0.6) is 0 Å². The Morgan fingerprint density at radius 1 is 0.337 bits per heavy atom. The molecule has 4 N–H and O–H groups in total. The van der Waals surface area contributed by atoms with E-state index in [4.69, 9.17) is 32.3 Å². The minimum Gasteiger partial charge on any atom is -0.463 e. The van der Waals surface area contributed by atoms with Crippen LogP contribution in [0.1, 0.15) is 278 Å². The van der Waals surface area contributed by atoms with Crippen LogP contribution in [0, 0.1) is 0 Å². The van der Waals surface area contributed by atoms with Gasteiger partial charge in [-0.25, -0.2) is 9.13 Å². The van der Waals surface area contributed by atoms with Crippen LogP contribution in [0.3, 0.4) is 0 Å². The van der Waals surface area contributed by atoms with Gasteiger partial charge in [-0.1, -0.05) is 236 Å². The number of unbranched alkanes of at least 4 members (excludes halogenated alkanes) is 29. The normalized spacial score (nSPS) is 14.7. The number of carbonyl (C=O) groups excluding carboxylic acids is 3. The fraction of sp³-hybridized carbons (Fsp3) is 0.800. The second-order valence-electron chi connectivity index (χ2n) is 21.9. The molecule has 16 nitrogen and oxygen atoms in total. The molecule has 484 valence electrons. The lowest BCUT2D eigenvalue weighted by Crippen LogP contribution is -2.30. The molecule has 18 heteroatoms. The van der Waals surface area contributed by atoms with Crippen molar-refractivity contribution in [1.29, 1.82) is 0 Å². The first-order chi connectivity index (χ1) is 40.2. The van der Waals surface area contributed by atoms with Crippen molar-refractivity contribution in [1.82, 2.24) is 0 Å². The summed E-state index contributed by atoms with van der Waals surface area (Å²) < 4.78 is 60.7. The SMILES string of the molecule is CCC/C=C\C/C=C\CCCCCCCC(=O)OC(COC(=O)CCCCCCCCCCCCCCCCC)COP(=O)(O)OCC(O)COP(=O)(O)OCC(O)COC(=O)CCCCCCCC/C=C\C/C=C\C/C=C\CCCCC. The van der Waals surface area contributed by atoms with Gasteiger partial charge in [-0.2, -0.15) is 0 Å². The Labute approximate surface area is 503 Å². The van der Waals surface area contributed by atoms with Gasteiger partial charge in [0.25, 0.3) is 0 Å². The lowest BCUT2D eigenvalue weighted by molar-refractivity contribution is -0.161. The molecule has 0 amide bonds. The van der Waals surface area contributed by atoms with Crippen molar-refractivity contribution >= 4 is 33.6 Å². The van der Waals surface area contributed by atoms with E-state index in [9.17, 15) is 43.5 Å². The predicted molar refractivity (Wildman–Crippen MR) is 335 cm³/mol. The lowest BCUT2D eigenvalue weighted by Gasteiger charge is -2.21. The zero-order valence-electron chi connectivity index (χ0n) is 52.1. The second kappa shape index (κ2) is 59.6. The van der Waals surface area contributed by atoms with E-state index < -0.39 is 91.5 Å². The van der Waals surface area contributed by atoms with Crippen LogP contribution in [-0.2, 0) is 55.8 Å². The number of phosphoric acid groups is 2. The molecule has 0 aliphatic carbocycles. The van der Waals surface area contributed by atoms with E-state index in [0.717, 1.165) is 122 Å². The minimum atomic E-state index is -4.92. The first-order valence-electron chi connectivity index (χ1n) is 32.6. The first-order valence-corrected chi connectivity index (χ1v) is 35.6. The molecule has 0 aromatic carbocycles. The summed E-state index contributed by atoms with van der Waals surface area (Å²) in [6.45, 7) is 2.56. The summed E-state index contributed by atoms with van der Waals surface area (Å²) in [4.78, 5) is 58.2. The summed E-state index contributed by atoms with van der Waals surface area (Å²) in [5, 5.41) is 20.5. The van der Waals surface area contributed by atoms with Gasteiger partial charge in [0, 0.05) is 19.3 Å². The quantitative estimate of drug-likeness (QED) is 0.0146.